The summed E-state index contributed by atoms with van der Waals surface area (Å²) in [5, 5.41) is 0. The van der Waals surface area contributed by atoms with Crippen LogP contribution in [0.25, 0.3) is 0 Å². The van der Waals surface area contributed by atoms with Crippen molar-refractivity contribution in [2.45, 2.75) is 63.6 Å². The standard InChI is InChI=1S/C28H36N2O3S/c1-21(2)30(22(3)4)18-17-26(24-11-7-5-8-12-24)27-19-23(20-29)15-16-28(27)33-34(31,32)25-13-9-6-10-14-25/h5-16,19,21-22,26H,17-18,20,29H2,1-4H3. The van der Waals surface area contributed by atoms with Crippen molar-refractivity contribution < 1.29 is 12.6 Å². The topological polar surface area (TPSA) is 72.6 Å². The summed E-state index contributed by atoms with van der Waals surface area (Å²) in [4.78, 5) is 2.58. The summed E-state index contributed by atoms with van der Waals surface area (Å²) in [6, 6.07) is 24.8. The van der Waals surface area contributed by atoms with Crippen LogP contribution in [0.1, 0.15) is 56.7 Å². The van der Waals surface area contributed by atoms with Crippen LogP contribution in [-0.2, 0) is 16.7 Å². The summed E-state index contributed by atoms with van der Waals surface area (Å²) in [6.07, 6.45) is 0.816. The normalized spacial score (nSPS) is 12.9. The van der Waals surface area contributed by atoms with Crippen LogP contribution in [-0.4, -0.2) is 31.9 Å². The molecule has 0 bridgehead atoms. The molecule has 0 aliphatic heterocycles. The van der Waals surface area contributed by atoms with Gasteiger partial charge in [-0.1, -0.05) is 60.7 Å². The molecule has 2 N–H and O–H groups in total. The van der Waals surface area contributed by atoms with Crippen LogP contribution in [0.15, 0.2) is 83.8 Å². The Balaban J connectivity index is 2.05. The molecule has 0 heterocycles. The van der Waals surface area contributed by atoms with Gasteiger partial charge in [0.05, 0.1) is 0 Å². The molecule has 0 amide bonds. The summed E-state index contributed by atoms with van der Waals surface area (Å²) in [7, 11) is -3.97. The summed E-state index contributed by atoms with van der Waals surface area (Å²) < 4.78 is 31.9. The first-order chi connectivity index (χ1) is 16.2. The molecule has 182 valence electrons. The highest BCUT2D eigenvalue weighted by Crippen LogP contribution is 2.37. The molecular weight excluding hydrogens is 444 g/mol. The third-order valence-electron chi connectivity index (χ3n) is 6.12. The van der Waals surface area contributed by atoms with Crippen LogP contribution in [0.5, 0.6) is 5.75 Å². The predicted octanol–water partition coefficient (Wildman–Crippen LogP) is 5.55. The fraction of sp³-hybridized carbons (Fsp3) is 0.357. The van der Waals surface area contributed by atoms with Gasteiger partial charge in [0.2, 0.25) is 0 Å². The SMILES string of the molecule is CC(C)N(CCC(c1ccccc1)c1cc(CN)ccc1OS(=O)(=O)c1ccccc1)C(C)C. The van der Waals surface area contributed by atoms with Crippen LogP contribution in [0.3, 0.4) is 0 Å². The van der Waals surface area contributed by atoms with Gasteiger partial charge in [0.1, 0.15) is 10.6 Å². The third-order valence-corrected chi connectivity index (χ3v) is 7.37. The van der Waals surface area contributed by atoms with Crippen molar-refractivity contribution in [3.05, 3.63) is 95.6 Å². The molecule has 0 fully saturated rings. The van der Waals surface area contributed by atoms with E-state index in [2.05, 4.69) is 44.7 Å². The number of benzene rings is 3. The molecule has 34 heavy (non-hydrogen) atoms. The van der Waals surface area contributed by atoms with E-state index in [-0.39, 0.29) is 10.8 Å². The highest BCUT2D eigenvalue weighted by atomic mass is 32.2. The van der Waals surface area contributed by atoms with Crippen molar-refractivity contribution in [3.8, 4) is 5.75 Å². The molecule has 3 aromatic carbocycles. The van der Waals surface area contributed by atoms with Crippen LogP contribution >= 0.6 is 0 Å². The fourth-order valence-corrected chi connectivity index (χ4v) is 5.38. The van der Waals surface area contributed by atoms with Crippen LogP contribution in [0.4, 0.5) is 0 Å². The molecule has 0 saturated heterocycles. The molecule has 1 unspecified atom stereocenters. The van der Waals surface area contributed by atoms with Gasteiger partial charge in [-0.3, -0.25) is 4.90 Å². The van der Waals surface area contributed by atoms with Gasteiger partial charge in [0.15, 0.2) is 0 Å². The molecule has 3 rings (SSSR count). The van der Waals surface area contributed by atoms with Crippen LogP contribution < -0.4 is 9.92 Å². The zero-order valence-corrected chi connectivity index (χ0v) is 21.3. The Morgan fingerprint density at radius 2 is 1.44 bits per heavy atom. The Labute approximate surface area is 204 Å². The molecule has 0 aromatic heterocycles. The van der Waals surface area contributed by atoms with Gasteiger partial charge >= 0.3 is 10.1 Å². The maximum atomic E-state index is 13.1. The van der Waals surface area contributed by atoms with E-state index < -0.39 is 10.1 Å². The highest BCUT2D eigenvalue weighted by Gasteiger charge is 2.25. The van der Waals surface area contributed by atoms with Crippen molar-refractivity contribution in [3.63, 3.8) is 0 Å². The van der Waals surface area contributed by atoms with Crippen molar-refractivity contribution in [1.29, 1.82) is 0 Å². The minimum atomic E-state index is -3.97. The minimum absolute atomic E-state index is 0.0475. The maximum absolute atomic E-state index is 13.1. The van der Waals surface area contributed by atoms with Crippen molar-refractivity contribution in [2.75, 3.05) is 6.54 Å². The van der Waals surface area contributed by atoms with Gasteiger partial charge < -0.3 is 9.92 Å². The van der Waals surface area contributed by atoms with Crippen molar-refractivity contribution in [2.24, 2.45) is 5.73 Å². The average Bonchev–Trinajstić information content (AvgIpc) is 2.83. The Bertz CT molecular complexity index is 1140. The molecule has 0 spiro atoms. The number of nitrogens with zero attached hydrogens (tertiary/aromatic N) is 1. The van der Waals surface area contributed by atoms with E-state index in [4.69, 9.17) is 9.92 Å². The first-order valence-corrected chi connectivity index (χ1v) is 13.3. The van der Waals surface area contributed by atoms with E-state index in [1.165, 1.54) is 0 Å². The van der Waals surface area contributed by atoms with E-state index in [9.17, 15) is 8.42 Å². The molecule has 0 saturated carbocycles. The molecule has 3 aromatic rings. The molecule has 5 nitrogen and oxygen atoms in total. The lowest BCUT2D eigenvalue weighted by atomic mass is 9.86. The van der Waals surface area contributed by atoms with Crippen molar-refractivity contribution in [1.82, 2.24) is 4.90 Å². The molecule has 6 heteroatoms. The molecule has 0 aliphatic carbocycles. The molecule has 0 radical (unpaired) electrons. The number of rotatable bonds is 11. The zero-order chi connectivity index (χ0) is 24.7. The van der Waals surface area contributed by atoms with Crippen LogP contribution in [0, 0.1) is 0 Å². The first kappa shape index (κ1) is 25.9. The van der Waals surface area contributed by atoms with E-state index in [0.717, 1.165) is 29.7 Å². The molecular formula is C28H36N2O3S. The van der Waals surface area contributed by atoms with Gasteiger partial charge in [0, 0.05) is 30.1 Å². The van der Waals surface area contributed by atoms with Gasteiger partial charge in [-0.15, -0.1) is 0 Å². The second kappa shape index (κ2) is 11.6. The summed E-state index contributed by atoms with van der Waals surface area (Å²) >= 11 is 0. The van der Waals surface area contributed by atoms with E-state index >= 15 is 0 Å². The number of nitrogens with two attached hydrogens (primary N) is 1. The Kier molecular flexibility index (Phi) is 8.89. The summed E-state index contributed by atoms with van der Waals surface area (Å²) in [5.74, 6) is 0.296. The average molecular weight is 481 g/mol. The van der Waals surface area contributed by atoms with Gasteiger partial charge in [-0.25, -0.2) is 0 Å². The predicted molar refractivity (Wildman–Crippen MR) is 138 cm³/mol. The molecule has 0 aliphatic rings. The van der Waals surface area contributed by atoms with E-state index in [1.807, 2.05) is 30.3 Å². The second-order valence-corrected chi connectivity index (χ2v) is 10.7. The van der Waals surface area contributed by atoms with Gasteiger partial charge in [0.25, 0.3) is 0 Å². The Morgan fingerprint density at radius 3 is 2.00 bits per heavy atom. The lowest BCUT2D eigenvalue weighted by Gasteiger charge is -2.32. The summed E-state index contributed by atoms with van der Waals surface area (Å²) in [6.45, 7) is 10.0. The maximum Gasteiger partial charge on any atom is 0.339 e. The molecule has 1 atom stereocenters. The quantitative estimate of drug-likeness (QED) is 0.364. The Morgan fingerprint density at radius 1 is 0.853 bits per heavy atom. The lowest BCUT2D eigenvalue weighted by Crippen LogP contribution is -2.38. The van der Waals surface area contributed by atoms with E-state index in [1.54, 1.807) is 36.4 Å². The smallest absolute Gasteiger partial charge is 0.339 e. The monoisotopic (exact) mass is 480 g/mol. The number of hydrogen-bond donors (Lipinski definition) is 1. The van der Waals surface area contributed by atoms with Crippen LogP contribution in [0.2, 0.25) is 0 Å². The fourth-order valence-electron chi connectivity index (χ4n) is 4.40. The summed E-state index contributed by atoms with van der Waals surface area (Å²) in [5.41, 5.74) is 8.85. The van der Waals surface area contributed by atoms with E-state index in [0.29, 0.717) is 24.4 Å². The Hall–Kier alpha value is -2.67. The van der Waals surface area contributed by atoms with Gasteiger partial charge in [-0.05, 0) is 70.0 Å². The van der Waals surface area contributed by atoms with Crippen molar-refractivity contribution >= 4 is 10.1 Å². The lowest BCUT2D eigenvalue weighted by molar-refractivity contribution is 0.170. The van der Waals surface area contributed by atoms with Gasteiger partial charge in [-0.2, -0.15) is 8.42 Å². The second-order valence-electron chi connectivity index (χ2n) is 9.10. The first-order valence-electron chi connectivity index (χ1n) is 11.9. The minimum Gasteiger partial charge on any atom is -0.379 e. The highest BCUT2D eigenvalue weighted by molar-refractivity contribution is 7.87. The largest absolute Gasteiger partial charge is 0.379 e. The third kappa shape index (κ3) is 6.47. The zero-order valence-electron chi connectivity index (χ0n) is 20.5. The number of hydrogen-bond acceptors (Lipinski definition) is 5.